The standard InChI is InChI=1S/C21H28N4O2/c1-3-22-20(26)15-24-11-13-25(14-12-24)21(27)23-16(2)18-10-6-8-17-7-4-5-9-19(17)18/h4-10,16H,3,11-15H2,1-2H3,(H,22,26)(H,23,27). The molecule has 0 bridgehead atoms. The lowest BCUT2D eigenvalue weighted by Crippen LogP contribution is -2.53. The van der Waals surface area contributed by atoms with Gasteiger partial charge in [0.25, 0.3) is 0 Å². The van der Waals surface area contributed by atoms with Crippen LogP contribution in [0.2, 0.25) is 0 Å². The third-order valence-corrected chi connectivity index (χ3v) is 5.03. The quantitative estimate of drug-likeness (QED) is 0.852. The molecule has 6 heteroatoms. The molecule has 6 nitrogen and oxygen atoms in total. The van der Waals surface area contributed by atoms with E-state index in [0.29, 0.717) is 39.3 Å². The zero-order valence-corrected chi connectivity index (χ0v) is 16.1. The number of likely N-dealkylation sites (N-methyl/N-ethyl adjacent to an activating group) is 1. The highest BCUT2D eigenvalue weighted by atomic mass is 16.2. The van der Waals surface area contributed by atoms with Gasteiger partial charge in [-0.05, 0) is 30.2 Å². The minimum atomic E-state index is -0.0723. The van der Waals surface area contributed by atoms with Crippen LogP contribution in [0.25, 0.3) is 10.8 Å². The molecule has 27 heavy (non-hydrogen) atoms. The van der Waals surface area contributed by atoms with E-state index in [-0.39, 0.29) is 18.0 Å². The Morgan fingerprint density at radius 2 is 1.74 bits per heavy atom. The van der Waals surface area contributed by atoms with Gasteiger partial charge in [-0.2, -0.15) is 0 Å². The number of piperazine rings is 1. The molecular weight excluding hydrogens is 340 g/mol. The fourth-order valence-corrected chi connectivity index (χ4v) is 3.55. The van der Waals surface area contributed by atoms with Gasteiger partial charge in [-0.1, -0.05) is 42.5 Å². The number of carbonyl (C=O) groups is 2. The monoisotopic (exact) mass is 368 g/mol. The lowest BCUT2D eigenvalue weighted by atomic mass is 10.00. The van der Waals surface area contributed by atoms with Crippen molar-refractivity contribution in [2.75, 3.05) is 39.3 Å². The van der Waals surface area contributed by atoms with Gasteiger partial charge in [0.15, 0.2) is 0 Å². The third-order valence-electron chi connectivity index (χ3n) is 5.03. The molecule has 0 aliphatic carbocycles. The van der Waals surface area contributed by atoms with E-state index in [1.165, 1.54) is 10.8 Å². The van der Waals surface area contributed by atoms with Gasteiger partial charge in [-0.15, -0.1) is 0 Å². The molecule has 1 heterocycles. The molecule has 0 radical (unpaired) electrons. The molecule has 0 saturated carbocycles. The van der Waals surface area contributed by atoms with Crippen molar-refractivity contribution in [1.29, 1.82) is 0 Å². The van der Waals surface area contributed by atoms with E-state index in [1.807, 2.05) is 36.9 Å². The molecule has 1 aliphatic heterocycles. The lowest BCUT2D eigenvalue weighted by Gasteiger charge is -2.35. The van der Waals surface area contributed by atoms with Gasteiger partial charge in [0.05, 0.1) is 12.6 Å². The molecule has 2 aromatic rings. The number of rotatable bonds is 5. The largest absolute Gasteiger partial charge is 0.355 e. The Labute approximate surface area is 160 Å². The maximum atomic E-state index is 12.7. The summed E-state index contributed by atoms with van der Waals surface area (Å²) in [5.74, 6) is 0.0416. The van der Waals surface area contributed by atoms with Crippen molar-refractivity contribution in [3.8, 4) is 0 Å². The van der Waals surface area contributed by atoms with Gasteiger partial charge in [0, 0.05) is 32.7 Å². The summed E-state index contributed by atoms with van der Waals surface area (Å²) in [7, 11) is 0. The van der Waals surface area contributed by atoms with Crippen LogP contribution in [0.4, 0.5) is 4.79 Å². The Balaban J connectivity index is 1.55. The first kappa shape index (κ1) is 19.2. The summed E-state index contributed by atoms with van der Waals surface area (Å²) in [5, 5.41) is 8.28. The highest BCUT2D eigenvalue weighted by Gasteiger charge is 2.23. The third kappa shape index (κ3) is 4.77. The van der Waals surface area contributed by atoms with Gasteiger partial charge in [-0.3, -0.25) is 9.69 Å². The predicted octanol–water partition coefficient (Wildman–Crippen LogP) is 2.36. The molecule has 2 aromatic carbocycles. The smallest absolute Gasteiger partial charge is 0.317 e. The number of hydrogen-bond acceptors (Lipinski definition) is 3. The second-order valence-corrected chi connectivity index (χ2v) is 6.96. The number of carbonyl (C=O) groups excluding carboxylic acids is 2. The summed E-state index contributed by atoms with van der Waals surface area (Å²) in [4.78, 5) is 28.3. The fourth-order valence-electron chi connectivity index (χ4n) is 3.55. The average molecular weight is 368 g/mol. The summed E-state index contributed by atoms with van der Waals surface area (Å²) in [5.41, 5.74) is 1.12. The van der Waals surface area contributed by atoms with Crippen molar-refractivity contribution in [1.82, 2.24) is 20.4 Å². The summed E-state index contributed by atoms with van der Waals surface area (Å²) >= 11 is 0. The number of nitrogens with one attached hydrogen (secondary N) is 2. The number of urea groups is 1. The first-order valence-corrected chi connectivity index (χ1v) is 9.60. The van der Waals surface area contributed by atoms with Gasteiger partial charge in [0.2, 0.25) is 5.91 Å². The number of nitrogens with zero attached hydrogens (tertiary/aromatic N) is 2. The van der Waals surface area contributed by atoms with Gasteiger partial charge in [-0.25, -0.2) is 4.79 Å². The summed E-state index contributed by atoms with van der Waals surface area (Å²) in [6.45, 7) is 7.67. The van der Waals surface area contributed by atoms with Crippen molar-refractivity contribution in [2.45, 2.75) is 19.9 Å². The SMILES string of the molecule is CCNC(=O)CN1CCN(C(=O)NC(C)c2cccc3ccccc23)CC1. The molecule has 1 saturated heterocycles. The van der Waals surface area contributed by atoms with Crippen molar-refractivity contribution in [3.05, 3.63) is 48.0 Å². The molecule has 1 fully saturated rings. The zero-order valence-electron chi connectivity index (χ0n) is 16.1. The van der Waals surface area contributed by atoms with Gasteiger partial charge < -0.3 is 15.5 Å². The van der Waals surface area contributed by atoms with Crippen LogP contribution < -0.4 is 10.6 Å². The maximum Gasteiger partial charge on any atom is 0.317 e. The molecule has 144 valence electrons. The van der Waals surface area contributed by atoms with Crippen molar-refractivity contribution < 1.29 is 9.59 Å². The van der Waals surface area contributed by atoms with Crippen LogP contribution in [0.1, 0.15) is 25.5 Å². The minimum absolute atomic E-state index is 0.0416. The summed E-state index contributed by atoms with van der Waals surface area (Å²) in [6.07, 6.45) is 0. The minimum Gasteiger partial charge on any atom is -0.355 e. The van der Waals surface area contributed by atoms with Crippen molar-refractivity contribution >= 4 is 22.7 Å². The molecule has 3 rings (SSSR count). The normalized spacial score (nSPS) is 16.1. The lowest BCUT2D eigenvalue weighted by molar-refractivity contribution is -0.122. The van der Waals surface area contributed by atoms with E-state index >= 15 is 0 Å². The topological polar surface area (TPSA) is 64.7 Å². The van der Waals surface area contributed by atoms with E-state index in [9.17, 15) is 9.59 Å². The predicted molar refractivity (Wildman–Crippen MR) is 108 cm³/mol. The van der Waals surface area contributed by atoms with Gasteiger partial charge >= 0.3 is 6.03 Å². The van der Waals surface area contributed by atoms with Crippen LogP contribution in [0.3, 0.4) is 0 Å². The molecule has 1 atom stereocenters. The summed E-state index contributed by atoms with van der Waals surface area (Å²) in [6, 6.07) is 14.3. The molecular formula is C21H28N4O2. The fraction of sp³-hybridized carbons (Fsp3) is 0.429. The maximum absolute atomic E-state index is 12.7. The Kier molecular flexibility index (Phi) is 6.29. The number of amides is 3. The molecule has 3 amide bonds. The van der Waals surface area contributed by atoms with Crippen LogP contribution in [-0.2, 0) is 4.79 Å². The van der Waals surface area contributed by atoms with Crippen LogP contribution >= 0.6 is 0 Å². The number of hydrogen-bond donors (Lipinski definition) is 2. The zero-order chi connectivity index (χ0) is 19.2. The second-order valence-electron chi connectivity index (χ2n) is 6.96. The Hall–Kier alpha value is -2.60. The van der Waals surface area contributed by atoms with E-state index in [4.69, 9.17) is 0 Å². The average Bonchev–Trinajstić information content (AvgIpc) is 2.68. The second kappa shape index (κ2) is 8.86. The summed E-state index contributed by atoms with van der Waals surface area (Å²) < 4.78 is 0. The number of benzene rings is 2. The first-order chi connectivity index (χ1) is 13.1. The van der Waals surface area contributed by atoms with Crippen molar-refractivity contribution in [3.63, 3.8) is 0 Å². The van der Waals surface area contributed by atoms with Crippen LogP contribution in [0.5, 0.6) is 0 Å². The van der Waals surface area contributed by atoms with Crippen LogP contribution in [-0.4, -0.2) is 61.0 Å². The Morgan fingerprint density at radius 1 is 1.04 bits per heavy atom. The molecule has 0 aromatic heterocycles. The van der Waals surface area contributed by atoms with Gasteiger partial charge in [0.1, 0.15) is 0 Å². The number of fused-ring (bicyclic) bond motifs is 1. The Bertz CT molecular complexity index is 794. The van der Waals surface area contributed by atoms with Crippen LogP contribution in [0.15, 0.2) is 42.5 Å². The highest BCUT2D eigenvalue weighted by Crippen LogP contribution is 2.24. The molecule has 0 spiro atoms. The molecule has 1 aliphatic rings. The van der Waals surface area contributed by atoms with E-state index in [1.54, 1.807) is 0 Å². The molecule has 2 N–H and O–H groups in total. The van der Waals surface area contributed by atoms with E-state index < -0.39 is 0 Å². The van der Waals surface area contributed by atoms with Crippen LogP contribution in [0, 0.1) is 0 Å². The first-order valence-electron chi connectivity index (χ1n) is 9.60. The molecule has 1 unspecified atom stereocenters. The highest BCUT2D eigenvalue weighted by molar-refractivity contribution is 5.86. The van der Waals surface area contributed by atoms with E-state index in [0.717, 1.165) is 5.56 Å². The van der Waals surface area contributed by atoms with Crippen molar-refractivity contribution in [2.24, 2.45) is 0 Å². The Morgan fingerprint density at radius 3 is 2.48 bits per heavy atom. The van der Waals surface area contributed by atoms with E-state index in [2.05, 4.69) is 39.8 Å².